The summed E-state index contributed by atoms with van der Waals surface area (Å²) in [6, 6.07) is 6.48. The van der Waals surface area contributed by atoms with Crippen molar-refractivity contribution in [1.29, 1.82) is 5.26 Å². The van der Waals surface area contributed by atoms with Crippen LogP contribution in [-0.4, -0.2) is 32.4 Å². The monoisotopic (exact) mass is 294 g/mol. The Labute approximate surface area is 119 Å². The smallest absolute Gasteiger partial charge is 0.243 e. The van der Waals surface area contributed by atoms with Crippen LogP contribution in [0.15, 0.2) is 23.1 Å². The molecule has 0 amide bonds. The largest absolute Gasteiger partial charge is 0.492 e. The van der Waals surface area contributed by atoms with Crippen molar-refractivity contribution in [3.63, 3.8) is 0 Å². The quantitative estimate of drug-likeness (QED) is 0.834. The van der Waals surface area contributed by atoms with Gasteiger partial charge in [0, 0.05) is 13.1 Å². The third-order valence-corrected chi connectivity index (χ3v) is 5.13. The molecule has 0 bridgehead atoms. The van der Waals surface area contributed by atoms with Crippen LogP contribution in [0.25, 0.3) is 0 Å². The molecule has 0 unspecified atom stereocenters. The molecule has 0 aliphatic carbocycles. The Balaban J connectivity index is 2.32. The second-order valence-corrected chi connectivity index (χ2v) is 6.67. The minimum Gasteiger partial charge on any atom is -0.492 e. The van der Waals surface area contributed by atoms with Crippen molar-refractivity contribution >= 4 is 10.0 Å². The van der Waals surface area contributed by atoms with Crippen LogP contribution in [-0.2, 0) is 10.0 Å². The maximum Gasteiger partial charge on any atom is 0.243 e. The van der Waals surface area contributed by atoms with Gasteiger partial charge < -0.3 is 4.74 Å². The second kappa shape index (κ2) is 6.25. The highest BCUT2D eigenvalue weighted by molar-refractivity contribution is 7.89. The SMILES string of the molecule is CCCOc1ccc(S(=O)(=O)N2CCCC2)cc1C#N. The highest BCUT2D eigenvalue weighted by Crippen LogP contribution is 2.26. The average Bonchev–Trinajstić information content (AvgIpc) is 2.99. The van der Waals surface area contributed by atoms with Crippen LogP contribution in [0.1, 0.15) is 31.7 Å². The molecule has 108 valence electrons. The Morgan fingerprint density at radius 3 is 2.65 bits per heavy atom. The molecule has 5 nitrogen and oxygen atoms in total. The van der Waals surface area contributed by atoms with Crippen molar-refractivity contribution in [2.75, 3.05) is 19.7 Å². The second-order valence-electron chi connectivity index (χ2n) is 4.73. The van der Waals surface area contributed by atoms with Gasteiger partial charge in [-0.1, -0.05) is 6.92 Å². The summed E-state index contributed by atoms with van der Waals surface area (Å²) in [5.41, 5.74) is 0.263. The van der Waals surface area contributed by atoms with Crippen LogP contribution in [0.2, 0.25) is 0 Å². The number of nitriles is 1. The minimum absolute atomic E-state index is 0.166. The summed E-state index contributed by atoms with van der Waals surface area (Å²) in [5, 5.41) is 9.13. The molecular formula is C14H18N2O3S. The summed E-state index contributed by atoms with van der Waals surface area (Å²) in [4.78, 5) is 0.166. The van der Waals surface area contributed by atoms with E-state index in [1.54, 1.807) is 6.07 Å². The summed E-state index contributed by atoms with van der Waals surface area (Å²) in [6.07, 6.45) is 2.61. The summed E-state index contributed by atoms with van der Waals surface area (Å²) in [7, 11) is -3.48. The molecule has 0 atom stereocenters. The van der Waals surface area contributed by atoms with Crippen molar-refractivity contribution < 1.29 is 13.2 Å². The van der Waals surface area contributed by atoms with Crippen LogP contribution in [0.5, 0.6) is 5.75 Å². The molecule has 0 spiro atoms. The van der Waals surface area contributed by atoms with Gasteiger partial charge >= 0.3 is 0 Å². The van der Waals surface area contributed by atoms with Gasteiger partial charge in [-0.25, -0.2) is 8.42 Å². The molecule has 6 heteroatoms. The van der Waals surface area contributed by atoms with Gasteiger partial charge in [0.2, 0.25) is 10.0 Å². The van der Waals surface area contributed by atoms with E-state index in [-0.39, 0.29) is 10.5 Å². The van der Waals surface area contributed by atoms with E-state index in [0.29, 0.717) is 25.4 Å². The lowest BCUT2D eigenvalue weighted by molar-refractivity contribution is 0.316. The summed E-state index contributed by atoms with van der Waals surface area (Å²) < 4.78 is 31.7. The zero-order chi connectivity index (χ0) is 14.6. The van der Waals surface area contributed by atoms with Crippen LogP contribution in [0.3, 0.4) is 0 Å². The first-order chi connectivity index (χ1) is 9.59. The zero-order valence-corrected chi connectivity index (χ0v) is 12.3. The van der Waals surface area contributed by atoms with Gasteiger partial charge in [-0.3, -0.25) is 0 Å². The molecule has 0 N–H and O–H groups in total. The van der Waals surface area contributed by atoms with E-state index in [0.717, 1.165) is 19.3 Å². The minimum atomic E-state index is -3.48. The van der Waals surface area contributed by atoms with Crippen LogP contribution in [0.4, 0.5) is 0 Å². The topological polar surface area (TPSA) is 70.4 Å². The molecule has 1 saturated heterocycles. The molecule has 1 aromatic rings. The van der Waals surface area contributed by atoms with Crippen LogP contribution < -0.4 is 4.74 Å². The van der Waals surface area contributed by atoms with E-state index in [1.807, 2.05) is 13.0 Å². The number of hydrogen-bond acceptors (Lipinski definition) is 4. The van der Waals surface area contributed by atoms with E-state index in [2.05, 4.69) is 0 Å². The summed E-state index contributed by atoms with van der Waals surface area (Å²) in [6.45, 7) is 3.59. The Kier molecular flexibility index (Phi) is 4.63. The van der Waals surface area contributed by atoms with E-state index < -0.39 is 10.0 Å². The third kappa shape index (κ3) is 2.94. The first-order valence-corrected chi connectivity index (χ1v) is 8.20. The number of benzene rings is 1. The van der Waals surface area contributed by atoms with Gasteiger partial charge in [0.05, 0.1) is 17.1 Å². The van der Waals surface area contributed by atoms with E-state index in [1.165, 1.54) is 16.4 Å². The number of rotatable bonds is 5. The Morgan fingerprint density at radius 2 is 2.05 bits per heavy atom. The molecule has 1 fully saturated rings. The van der Waals surface area contributed by atoms with E-state index in [4.69, 9.17) is 10.00 Å². The number of hydrogen-bond donors (Lipinski definition) is 0. The maximum absolute atomic E-state index is 12.4. The standard InChI is InChI=1S/C14H18N2O3S/c1-2-9-19-14-6-5-13(10-12(14)11-15)20(17,18)16-7-3-4-8-16/h5-6,10H,2-4,7-9H2,1H3. The number of ether oxygens (including phenoxy) is 1. The fraction of sp³-hybridized carbons (Fsp3) is 0.500. The van der Waals surface area contributed by atoms with Crippen molar-refractivity contribution in [3.05, 3.63) is 23.8 Å². The van der Waals surface area contributed by atoms with Gasteiger partial charge in [0.25, 0.3) is 0 Å². The molecule has 1 aliphatic rings. The lowest BCUT2D eigenvalue weighted by atomic mass is 10.2. The lowest BCUT2D eigenvalue weighted by Gasteiger charge is -2.16. The molecule has 1 heterocycles. The summed E-state index contributed by atoms with van der Waals surface area (Å²) >= 11 is 0. The van der Waals surface area contributed by atoms with Crippen LogP contribution >= 0.6 is 0 Å². The van der Waals surface area contributed by atoms with Crippen molar-refractivity contribution in [2.24, 2.45) is 0 Å². The highest BCUT2D eigenvalue weighted by Gasteiger charge is 2.27. The zero-order valence-electron chi connectivity index (χ0n) is 11.5. The normalized spacial score (nSPS) is 16.0. The van der Waals surface area contributed by atoms with Crippen LogP contribution in [0, 0.1) is 11.3 Å². The molecule has 0 saturated carbocycles. The molecule has 0 aromatic heterocycles. The van der Waals surface area contributed by atoms with Gasteiger partial charge in [-0.2, -0.15) is 9.57 Å². The highest BCUT2D eigenvalue weighted by atomic mass is 32.2. The number of sulfonamides is 1. The van der Waals surface area contributed by atoms with Gasteiger partial charge in [-0.05, 0) is 37.5 Å². The Hall–Kier alpha value is -1.58. The Morgan fingerprint density at radius 1 is 1.35 bits per heavy atom. The predicted octanol–water partition coefficient (Wildman–Crippen LogP) is 2.13. The van der Waals surface area contributed by atoms with Crippen molar-refractivity contribution in [1.82, 2.24) is 4.31 Å². The molecule has 20 heavy (non-hydrogen) atoms. The van der Waals surface area contributed by atoms with Gasteiger partial charge in [-0.15, -0.1) is 0 Å². The number of nitrogens with zero attached hydrogens (tertiary/aromatic N) is 2. The molecule has 0 radical (unpaired) electrons. The molecule has 1 aliphatic heterocycles. The first kappa shape index (κ1) is 14.8. The molecule has 1 aromatic carbocycles. The first-order valence-electron chi connectivity index (χ1n) is 6.76. The third-order valence-electron chi connectivity index (χ3n) is 3.24. The molecule has 2 rings (SSSR count). The van der Waals surface area contributed by atoms with Gasteiger partial charge in [0.15, 0.2) is 0 Å². The van der Waals surface area contributed by atoms with Crippen molar-refractivity contribution in [2.45, 2.75) is 31.1 Å². The fourth-order valence-corrected chi connectivity index (χ4v) is 3.72. The van der Waals surface area contributed by atoms with Gasteiger partial charge in [0.1, 0.15) is 11.8 Å². The lowest BCUT2D eigenvalue weighted by Crippen LogP contribution is -2.27. The Bertz CT molecular complexity index is 614. The average molecular weight is 294 g/mol. The van der Waals surface area contributed by atoms with E-state index in [9.17, 15) is 8.42 Å². The van der Waals surface area contributed by atoms with E-state index >= 15 is 0 Å². The fourth-order valence-electron chi connectivity index (χ4n) is 2.17. The predicted molar refractivity (Wildman–Crippen MR) is 74.9 cm³/mol. The van der Waals surface area contributed by atoms with Crippen molar-refractivity contribution in [3.8, 4) is 11.8 Å². The molecular weight excluding hydrogens is 276 g/mol. The maximum atomic E-state index is 12.4. The summed E-state index contributed by atoms with van der Waals surface area (Å²) in [5.74, 6) is 0.440.